The summed E-state index contributed by atoms with van der Waals surface area (Å²) in [6.07, 6.45) is -1.31. The summed E-state index contributed by atoms with van der Waals surface area (Å²) in [6, 6.07) is 15.9. The summed E-state index contributed by atoms with van der Waals surface area (Å²) in [5, 5.41) is 12.2. The Bertz CT molecular complexity index is 1310. The molecule has 9 heteroatoms. The lowest BCUT2D eigenvalue weighted by molar-refractivity contribution is -0.138. The molecule has 0 radical (unpaired) electrons. The van der Waals surface area contributed by atoms with Crippen molar-refractivity contribution in [1.29, 1.82) is 0 Å². The topological polar surface area (TPSA) is 110 Å². The molecule has 2 atom stereocenters. The number of ketones is 2. The van der Waals surface area contributed by atoms with Gasteiger partial charge in [-0.3, -0.25) is 14.4 Å². The summed E-state index contributed by atoms with van der Waals surface area (Å²) in [7, 11) is 0. The van der Waals surface area contributed by atoms with Crippen molar-refractivity contribution in [1.82, 2.24) is 0 Å². The van der Waals surface area contributed by atoms with Crippen LogP contribution in [0.3, 0.4) is 0 Å². The number of carbonyl (C=O) groups excluding carboxylic acids is 4. The molecule has 7 nitrogen and oxygen atoms in total. The highest BCUT2D eigenvalue weighted by Crippen LogP contribution is 2.38. The number of rotatable bonds is 6. The number of ether oxygens (including phenoxy) is 1. The highest BCUT2D eigenvalue weighted by atomic mass is 35.5. The normalized spacial score (nSPS) is 15.3. The fourth-order valence-electron chi connectivity index (χ4n) is 3.56. The standard InChI is InChI=1S/C24H15Cl2NO6/c25-17-9-8-12(10-18(17)26)20(29)19(22-15-6-1-2-7-16(15)24(32)33-22)21(30)23(31)27-13-4-3-5-14(28)11-13/h1-11,19,22,28H,(H,27,31)/t19-,22-/m0/s1. The van der Waals surface area contributed by atoms with E-state index in [1.54, 1.807) is 18.2 Å². The molecule has 2 N–H and O–H groups in total. The van der Waals surface area contributed by atoms with E-state index in [1.165, 1.54) is 48.5 Å². The minimum Gasteiger partial charge on any atom is -0.508 e. The summed E-state index contributed by atoms with van der Waals surface area (Å²) < 4.78 is 5.37. The molecule has 1 amide bonds. The number of anilines is 1. The van der Waals surface area contributed by atoms with Crippen LogP contribution < -0.4 is 5.32 Å². The molecular formula is C24H15Cl2NO6. The van der Waals surface area contributed by atoms with Gasteiger partial charge in [0.1, 0.15) is 17.8 Å². The first kappa shape index (κ1) is 22.5. The SMILES string of the molecule is O=C(Nc1cccc(O)c1)C(=O)[C@H](C(=O)c1ccc(Cl)c(Cl)c1)[C@H]1OC(=O)c2ccccc21. The third kappa shape index (κ3) is 4.46. The van der Waals surface area contributed by atoms with E-state index in [2.05, 4.69) is 5.32 Å². The van der Waals surface area contributed by atoms with Crippen molar-refractivity contribution in [2.24, 2.45) is 5.92 Å². The third-order valence-corrected chi connectivity index (χ3v) is 5.86. The molecule has 33 heavy (non-hydrogen) atoms. The molecule has 3 aromatic rings. The van der Waals surface area contributed by atoms with E-state index >= 15 is 0 Å². The summed E-state index contributed by atoms with van der Waals surface area (Å²) in [5.74, 6) is -5.50. The second-order valence-corrected chi connectivity index (χ2v) is 8.07. The Balaban J connectivity index is 1.73. The first-order chi connectivity index (χ1) is 15.8. The maximum Gasteiger partial charge on any atom is 0.339 e. The van der Waals surface area contributed by atoms with Gasteiger partial charge in [0, 0.05) is 22.9 Å². The second kappa shape index (κ2) is 9.05. The van der Waals surface area contributed by atoms with E-state index in [0.717, 1.165) is 0 Å². The number of benzene rings is 3. The highest BCUT2D eigenvalue weighted by molar-refractivity contribution is 6.46. The lowest BCUT2D eigenvalue weighted by Gasteiger charge is -2.21. The Morgan fingerprint density at radius 2 is 1.70 bits per heavy atom. The molecule has 0 saturated heterocycles. The van der Waals surface area contributed by atoms with Crippen LogP contribution in [0.2, 0.25) is 10.0 Å². The maximum atomic E-state index is 13.4. The third-order valence-electron chi connectivity index (χ3n) is 5.12. The molecule has 0 fully saturated rings. The van der Waals surface area contributed by atoms with Crippen molar-refractivity contribution in [2.75, 3.05) is 5.32 Å². The van der Waals surface area contributed by atoms with E-state index in [1.807, 2.05) is 0 Å². The van der Waals surface area contributed by atoms with Gasteiger partial charge in [0.15, 0.2) is 5.78 Å². The minimum atomic E-state index is -1.67. The number of fused-ring (bicyclic) bond motifs is 1. The van der Waals surface area contributed by atoms with Crippen LogP contribution in [-0.2, 0) is 14.3 Å². The Labute approximate surface area is 197 Å². The Hall–Kier alpha value is -3.68. The summed E-state index contributed by atoms with van der Waals surface area (Å²) in [4.78, 5) is 51.8. The molecule has 4 rings (SSSR count). The average Bonchev–Trinajstić information content (AvgIpc) is 3.12. The van der Waals surface area contributed by atoms with Gasteiger partial charge in [0.05, 0.1) is 15.6 Å². The number of nitrogens with one attached hydrogen (secondary N) is 1. The Morgan fingerprint density at radius 3 is 2.42 bits per heavy atom. The number of phenols is 1. The van der Waals surface area contributed by atoms with Crippen LogP contribution in [0, 0.1) is 5.92 Å². The van der Waals surface area contributed by atoms with Crippen molar-refractivity contribution in [3.8, 4) is 5.75 Å². The summed E-state index contributed by atoms with van der Waals surface area (Å²) in [5.41, 5.74) is 0.696. The van der Waals surface area contributed by atoms with E-state index in [9.17, 15) is 24.3 Å². The molecule has 1 heterocycles. The van der Waals surface area contributed by atoms with Crippen LogP contribution in [0.15, 0.2) is 66.7 Å². The number of aromatic hydroxyl groups is 1. The highest BCUT2D eigenvalue weighted by Gasteiger charge is 2.46. The zero-order chi connectivity index (χ0) is 23.7. The fourth-order valence-corrected chi connectivity index (χ4v) is 3.86. The predicted octanol–water partition coefficient (Wildman–Crippen LogP) is 4.62. The van der Waals surface area contributed by atoms with Crippen LogP contribution in [-0.4, -0.2) is 28.5 Å². The molecule has 0 unspecified atom stereocenters. The van der Waals surface area contributed by atoms with Crippen LogP contribution in [0.25, 0.3) is 0 Å². The smallest absolute Gasteiger partial charge is 0.339 e. The first-order valence-corrected chi connectivity index (χ1v) is 10.4. The monoisotopic (exact) mass is 483 g/mol. The molecule has 1 aliphatic heterocycles. The van der Waals surface area contributed by atoms with Gasteiger partial charge < -0.3 is 15.2 Å². The second-order valence-electron chi connectivity index (χ2n) is 7.25. The van der Waals surface area contributed by atoms with Crippen molar-refractivity contribution in [2.45, 2.75) is 6.10 Å². The average molecular weight is 484 g/mol. The lowest BCUT2D eigenvalue weighted by Crippen LogP contribution is -2.38. The quantitative estimate of drug-likeness (QED) is 0.229. The largest absolute Gasteiger partial charge is 0.508 e. The Kier molecular flexibility index (Phi) is 6.18. The number of esters is 1. The molecule has 0 bridgehead atoms. The molecule has 3 aromatic carbocycles. The van der Waals surface area contributed by atoms with E-state index in [-0.39, 0.29) is 32.6 Å². The lowest BCUT2D eigenvalue weighted by atomic mass is 9.84. The molecule has 0 aliphatic carbocycles. The van der Waals surface area contributed by atoms with Crippen LogP contribution in [0.5, 0.6) is 5.75 Å². The summed E-state index contributed by atoms with van der Waals surface area (Å²) >= 11 is 12.0. The van der Waals surface area contributed by atoms with Crippen LogP contribution in [0.4, 0.5) is 5.69 Å². The molecule has 1 aliphatic rings. The molecular weight excluding hydrogens is 469 g/mol. The van der Waals surface area contributed by atoms with Crippen LogP contribution in [0.1, 0.15) is 32.4 Å². The van der Waals surface area contributed by atoms with Gasteiger partial charge in [-0.1, -0.05) is 47.5 Å². The zero-order valence-corrected chi connectivity index (χ0v) is 18.3. The van der Waals surface area contributed by atoms with Gasteiger partial charge in [-0.25, -0.2) is 4.79 Å². The van der Waals surface area contributed by atoms with E-state index < -0.39 is 35.5 Å². The number of hydrogen-bond acceptors (Lipinski definition) is 6. The minimum absolute atomic E-state index is 0.0216. The van der Waals surface area contributed by atoms with Crippen molar-refractivity contribution in [3.05, 3.63) is 93.5 Å². The number of halogens is 2. The van der Waals surface area contributed by atoms with Gasteiger partial charge >= 0.3 is 5.97 Å². The van der Waals surface area contributed by atoms with Gasteiger partial charge in [-0.2, -0.15) is 0 Å². The van der Waals surface area contributed by atoms with Crippen LogP contribution >= 0.6 is 23.2 Å². The number of amides is 1. The number of hydrogen-bond donors (Lipinski definition) is 2. The number of cyclic esters (lactones) is 1. The fraction of sp³-hybridized carbons (Fsp3) is 0.0833. The summed E-state index contributed by atoms with van der Waals surface area (Å²) in [6.45, 7) is 0. The maximum absolute atomic E-state index is 13.4. The van der Waals surface area contributed by atoms with Crippen molar-refractivity contribution < 1.29 is 29.0 Å². The van der Waals surface area contributed by atoms with Gasteiger partial charge in [0.25, 0.3) is 5.91 Å². The van der Waals surface area contributed by atoms with E-state index in [0.29, 0.717) is 5.56 Å². The Morgan fingerprint density at radius 1 is 0.939 bits per heavy atom. The van der Waals surface area contributed by atoms with Gasteiger partial charge in [-0.05, 0) is 36.4 Å². The van der Waals surface area contributed by atoms with Crippen molar-refractivity contribution in [3.63, 3.8) is 0 Å². The molecule has 166 valence electrons. The zero-order valence-electron chi connectivity index (χ0n) is 16.7. The predicted molar refractivity (Wildman–Crippen MR) is 121 cm³/mol. The van der Waals surface area contributed by atoms with Gasteiger partial charge in [0.2, 0.25) is 5.78 Å². The van der Waals surface area contributed by atoms with Gasteiger partial charge in [-0.15, -0.1) is 0 Å². The van der Waals surface area contributed by atoms with Crippen molar-refractivity contribution >= 4 is 52.3 Å². The molecule has 0 saturated carbocycles. The number of carbonyl (C=O) groups is 4. The first-order valence-electron chi connectivity index (χ1n) is 9.69. The molecule has 0 spiro atoms. The number of Topliss-reactive ketones (excluding diaryl/α,β-unsaturated/α-hetero) is 2. The number of phenolic OH excluding ortho intramolecular Hbond substituents is 1. The van der Waals surface area contributed by atoms with E-state index in [4.69, 9.17) is 27.9 Å². The molecule has 0 aromatic heterocycles.